The molecule has 1 aliphatic carbocycles. The fourth-order valence-electron chi connectivity index (χ4n) is 2.67. The SMILES string of the molecule is CC(C)Cc1nc(CSc2nnc(C3CC3)n2Cc2ccco2)no1. The van der Waals surface area contributed by atoms with E-state index >= 15 is 0 Å². The smallest absolute Gasteiger partial charge is 0.226 e. The van der Waals surface area contributed by atoms with Crippen LogP contribution in [-0.4, -0.2) is 24.9 Å². The van der Waals surface area contributed by atoms with Crippen LogP contribution < -0.4 is 0 Å². The van der Waals surface area contributed by atoms with E-state index in [4.69, 9.17) is 8.94 Å². The number of rotatable bonds is 8. The monoisotopic (exact) mass is 359 g/mol. The van der Waals surface area contributed by atoms with E-state index in [1.54, 1.807) is 18.0 Å². The Hall–Kier alpha value is -2.09. The van der Waals surface area contributed by atoms with Gasteiger partial charge in [0.15, 0.2) is 11.0 Å². The van der Waals surface area contributed by atoms with E-state index in [1.807, 2.05) is 12.1 Å². The van der Waals surface area contributed by atoms with Crippen molar-refractivity contribution in [2.45, 2.75) is 56.5 Å². The first-order valence-electron chi connectivity index (χ1n) is 8.58. The Balaban J connectivity index is 1.47. The van der Waals surface area contributed by atoms with Gasteiger partial charge < -0.3 is 8.94 Å². The lowest BCUT2D eigenvalue weighted by molar-refractivity contribution is 0.360. The van der Waals surface area contributed by atoms with Gasteiger partial charge in [-0.2, -0.15) is 4.98 Å². The minimum absolute atomic E-state index is 0.499. The first kappa shape index (κ1) is 16.4. The standard InChI is InChI=1S/C17H21N5O2S/c1-11(2)8-15-18-14(21-24-15)10-25-17-20-19-16(12-5-6-12)22(17)9-13-4-3-7-23-13/h3-4,7,11-12H,5-6,8-10H2,1-2H3. The lowest BCUT2D eigenvalue weighted by Gasteiger charge is -2.07. The topological polar surface area (TPSA) is 82.8 Å². The molecule has 0 atom stereocenters. The fraction of sp³-hybridized carbons (Fsp3) is 0.529. The molecule has 4 rings (SSSR count). The second kappa shape index (κ2) is 7.03. The minimum Gasteiger partial charge on any atom is -0.467 e. The van der Waals surface area contributed by atoms with E-state index in [-0.39, 0.29) is 0 Å². The Morgan fingerprint density at radius 3 is 2.92 bits per heavy atom. The molecule has 3 aromatic heterocycles. The largest absolute Gasteiger partial charge is 0.467 e. The van der Waals surface area contributed by atoms with Gasteiger partial charge in [-0.1, -0.05) is 30.8 Å². The van der Waals surface area contributed by atoms with Gasteiger partial charge in [0, 0.05) is 12.3 Å². The molecule has 0 aromatic carbocycles. The molecule has 132 valence electrons. The van der Waals surface area contributed by atoms with Crippen molar-refractivity contribution in [3.63, 3.8) is 0 Å². The van der Waals surface area contributed by atoms with Crippen LogP contribution in [0.2, 0.25) is 0 Å². The summed E-state index contributed by atoms with van der Waals surface area (Å²) >= 11 is 1.58. The molecule has 25 heavy (non-hydrogen) atoms. The van der Waals surface area contributed by atoms with E-state index in [9.17, 15) is 0 Å². The summed E-state index contributed by atoms with van der Waals surface area (Å²) in [5.41, 5.74) is 0. The van der Waals surface area contributed by atoms with Crippen LogP contribution in [-0.2, 0) is 18.7 Å². The van der Waals surface area contributed by atoms with E-state index < -0.39 is 0 Å². The number of furan rings is 1. The third kappa shape index (κ3) is 3.95. The highest BCUT2D eigenvalue weighted by molar-refractivity contribution is 7.98. The van der Waals surface area contributed by atoms with Crippen molar-refractivity contribution in [3.05, 3.63) is 41.7 Å². The fourth-order valence-corrected chi connectivity index (χ4v) is 3.46. The van der Waals surface area contributed by atoms with Gasteiger partial charge in [0.1, 0.15) is 11.6 Å². The molecule has 1 fully saturated rings. The molecule has 1 saturated carbocycles. The predicted molar refractivity (Wildman–Crippen MR) is 92.2 cm³/mol. The van der Waals surface area contributed by atoms with E-state index in [1.165, 1.54) is 12.8 Å². The van der Waals surface area contributed by atoms with Gasteiger partial charge in [-0.25, -0.2) is 0 Å². The van der Waals surface area contributed by atoms with Crippen LogP contribution in [0, 0.1) is 5.92 Å². The van der Waals surface area contributed by atoms with Gasteiger partial charge >= 0.3 is 0 Å². The summed E-state index contributed by atoms with van der Waals surface area (Å²) in [7, 11) is 0. The summed E-state index contributed by atoms with van der Waals surface area (Å²) in [4.78, 5) is 4.45. The zero-order valence-corrected chi connectivity index (χ0v) is 15.2. The van der Waals surface area contributed by atoms with Gasteiger partial charge in [-0.05, 0) is 30.9 Å². The molecule has 0 bridgehead atoms. The Bertz CT molecular complexity index is 820. The van der Waals surface area contributed by atoms with Crippen molar-refractivity contribution in [3.8, 4) is 0 Å². The zero-order valence-electron chi connectivity index (χ0n) is 14.4. The predicted octanol–water partition coefficient (Wildman–Crippen LogP) is 3.67. The molecular formula is C17H21N5O2S. The third-order valence-corrected chi connectivity index (χ3v) is 4.97. The number of thioether (sulfide) groups is 1. The summed E-state index contributed by atoms with van der Waals surface area (Å²) in [6.07, 6.45) is 4.87. The molecule has 7 nitrogen and oxygen atoms in total. The van der Waals surface area contributed by atoms with Crippen LogP contribution in [0.15, 0.2) is 32.5 Å². The number of aromatic nitrogens is 5. The average Bonchev–Trinajstić information content (AvgIpc) is 2.98. The van der Waals surface area contributed by atoms with Crippen LogP contribution in [0.3, 0.4) is 0 Å². The first-order chi connectivity index (χ1) is 12.2. The zero-order chi connectivity index (χ0) is 17.2. The third-order valence-electron chi connectivity index (χ3n) is 4.01. The summed E-state index contributed by atoms with van der Waals surface area (Å²) < 4.78 is 12.9. The maximum absolute atomic E-state index is 5.49. The van der Waals surface area contributed by atoms with Crippen LogP contribution in [0.25, 0.3) is 0 Å². The lowest BCUT2D eigenvalue weighted by atomic mass is 10.1. The van der Waals surface area contributed by atoms with E-state index in [0.717, 1.165) is 23.2 Å². The Labute approximate surface area is 150 Å². The van der Waals surface area contributed by atoms with Crippen LogP contribution in [0.4, 0.5) is 0 Å². The molecule has 0 unspecified atom stereocenters. The maximum atomic E-state index is 5.49. The molecule has 0 aliphatic heterocycles. The van der Waals surface area contributed by atoms with Crippen molar-refractivity contribution in [1.29, 1.82) is 0 Å². The Kier molecular flexibility index (Phi) is 4.61. The number of nitrogens with zero attached hydrogens (tertiary/aromatic N) is 5. The van der Waals surface area contributed by atoms with E-state index in [2.05, 4.69) is 38.8 Å². The molecule has 0 amide bonds. The molecular weight excluding hydrogens is 338 g/mol. The summed E-state index contributed by atoms with van der Waals surface area (Å²) in [5.74, 6) is 4.98. The quantitative estimate of drug-likeness (QED) is 0.567. The van der Waals surface area contributed by atoms with Gasteiger partial charge in [0.05, 0.1) is 18.6 Å². The average molecular weight is 359 g/mol. The summed E-state index contributed by atoms with van der Waals surface area (Å²) in [6, 6.07) is 3.88. The normalized spacial score (nSPS) is 14.5. The highest BCUT2D eigenvalue weighted by Crippen LogP contribution is 2.40. The van der Waals surface area contributed by atoms with Crippen molar-refractivity contribution >= 4 is 11.8 Å². The van der Waals surface area contributed by atoms with Crippen LogP contribution >= 0.6 is 11.8 Å². The summed E-state index contributed by atoms with van der Waals surface area (Å²) in [5, 5.41) is 13.7. The van der Waals surface area contributed by atoms with E-state index in [0.29, 0.717) is 35.8 Å². The number of hydrogen-bond acceptors (Lipinski definition) is 7. The van der Waals surface area contributed by atoms with Crippen molar-refractivity contribution < 1.29 is 8.94 Å². The van der Waals surface area contributed by atoms with Crippen molar-refractivity contribution in [1.82, 2.24) is 24.9 Å². The highest BCUT2D eigenvalue weighted by Gasteiger charge is 2.30. The molecule has 8 heteroatoms. The maximum Gasteiger partial charge on any atom is 0.226 e. The number of hydrogen-bond donors (Lipinski definition) is 0. The Morgan fingerprint density at radius 1 is 1.32 bits per heavy atom. The van der Waals surface area contributed by atoms with Gasteiger partial charge in [-0.3, -0.25) is 4.57 Å². The molecule has 0 N–H and O–H groups in total. The molecule has 3 heterocycles. The highest BCUT2D eigenvalue weighted by atomic mass is 32.2. The van der Waals surface area contributed by atoms with Gasteiger partial charge in [-0.15, -0.1) is 10.2 Å². The van der Waals surface area contributed by atoms with Gasteiger partial charge in [0.25, 0.3) is 0 Å². The molecule has 0 spiro atoms. The second-order valence-electron chi connectivity index (χ2n) is 6.77. The molecule has 0 radical (unpaired) electrons. The molecule has 3 aromatic rings. The molecule has 0 saturated heterocycles. The van der Waals surface area contributed by atoms with Crippen molar-refractivity contribution in [2.75, 3.05) is 0 Å². The van der Waals surface area contributed by atoms with Crippen molar-refractivity contribution in [2.24, 2.45) is 5.92 Å². The van der Waals surface area contributed by atoms with Crippen LogP contribution in [0.1, 0.15) is 55.9 Å². The van der Waals surface area contributed by atoms with Crippen LogP contribution in [0.5, 0.6) is 0 Å². The van der Waals surface area contributed by atoms with Gasteiger partial charge in [0.2, 0.25) is 5.89 Å². The lowest BCUT2D eigenvalue weighted by Crippen LogP contribution is -2.05. The molecule has 1 aliphatic rings. The first-order valence-corrected chi connectivity index (χ1v) is 9.57. The minimum atomic E-state index is 0.499. The Morgan fingerprint density at radius 2 is 2.20 bits per heavy atom. The summed E-state index contributed by atoms with van der Waals surface area (Å²) in [6.45, 7) is 4.92. The second-order valence-corrected chi connectivity index (χ2v) is 7.71.